The van der Waals surface area contributed by atoms with E-state index in [4.69, 9.17) is 18.6 Å². The number of ether oxygens (including phenoxy) is 3. The van der Waals surface area contributed by atoms with Crippen LogP contribution < -0.4 is 4.74 Å². The van der Waals surface area contributed by atoms with E-state index in [9.17, 15) is 9.90 Å². The van der Waals surface area contributed by atoms with Gasteiger partial charge in [-0.05, 0) is 72.6 Å². The van der Waals surface area contributed by atoms with Crippen LogP contribution in [0.2, 0.25) is 0 Å². The summed E-state index contributed by atoms with van der Waals surface area (Å²) in [6.45, 7) is 5.07. The van der Waals surface area contributed by atoms with Crippen LogP contribution in [-0.4, -0.2) is 30.9 Å². The number of hydrogen-bond acceptors (Lipinski definition) is 6. The molecular weight excluding hydrogens is 432 g/mol. The van der Waals surface area contributed by atoms with Gasteiger partial charge in [0.2, 0.25) is 0 Å². The molecule has 5 rings (SSSR count). The van der Waals surface area contributed by atoms with E-state index in [1.807, 2.05) is 30.3 Å². The Balaban J connectivity index is 1.46. The van der Waals surface area contributed by atoms with Crippen LogP contribution in [-0.2, 0) is 20.9 Å². The lowest BCUT2D eigenvalue weighted by Gasteiger charge is -2.64. The SMILES string of the molecule is COc1ccc(CO[C@H]2CC[C@@H](C=O)[C@]3(C)CC[C@H]4C(O)O[C@H](c5ccoc5)C[C@]4(C)[C@@H]23)cc1. The molecule has 2 heterocycles. The lowest BCUT2D eigenvalue weighted by molar-refractivity contribution is -0.291. The Morgan fingerprint density at radius 3 is 2.59 bits per heavy atom. The van der Waals surface area contributed by atoms with Gasteiger partial charge in [-0.1, -0.05) is 26.0 Å². The van der Waals surface area contributed by atoms with E-state index in [-0.39, 0.29) is 40.8 Å². The van der Waals surface area contributed by atoms with Crippen molar-refractivity contribution in [3.63, 3.8) is 0 Å². The second kappa shape index (κ2) is 9.14. The molecule has 1 aromatic heterocycles. The van der Waals surface area contributed by atoms with Gasteiger partial charge in [0.1, 0.15) is 12.0 Å². The van der Waals surface area contributed by atoms with Crippen molar-refractivity contribution in [2.45, 2.75) is 71.1 Å². The molecule has 8 atom stereocenters. The van der Waals surface area contributed by atoms with Crippen LogP contribution in [0.4, 0.5) is 0 Å². The first-order chi connectivity index (χ1) is 16.4. The molecule has 0 radical (unpaired) electrons. The molecule has 1 aromatic carbocycles. The largest absolute Gasteiger partial charge is 0.497 e. The summed E-state index contributed by atoms with van der Waals surface area (Å²) in [5.41, 5.74) is 1.64. The fourth-order valence-electron chi connectivity index (χ4n) is 7.48. The van der Waals surface area contributed by atoms with Crippen LogP contribution in [0.3, 0.4) is 0 Å². The van der Waals surface area contributed by atoms with Crippen molar-refractivity contribution in [2.75, 3.05) is 7.11 Å². The number of aliphatic hydroxyl groups is 1. The van der Waals surface area contributed by atoms with Gasteiger partial charge in [0.15, 0.2) is 6.29 Å². The molecule has 1 unspecified atom stereocenters. The molecule has 1 aliphatic heterocycles. The molecule has 2 saturated carbocycles. The molecule has 6 nitrogen and oxygen atoms in total. The highest BCUT2D eigenvalue weighted by molar-refractivity contribution is 5.56. The Morgan fingerprint density at radius 1 is 1.12 bits per heavy atom. The number of aldehydes is 1. The molecule has 3 aliphatic rings. The van der Waals surface area contributed by atoms with E-state index >= 15 is 0 Å². The summed E-state index contributed by atoms with van der Waals surface area (Å²) < 4.78 is 23.3. The molecule has 0 amide bonds. The van der Waals surface area contributed by atoms with Crippen LogP contribution in [0.25, 0.3) is 0 Å². The van der Waals surface area contributed by atoms with Crippen LogP contribution >= 0.6 is 0 Å². The number of carbonyl (C=O) groups excluding carboxylic acids is 1. The standard InChI is InChI=1S/C28H36O6/c1-27-12-10-22-26(30)34-24(19-11-13-32-17-19)14-28(22,2)25(27)23(9-6-20(27)15-29)33-16-18-4-7-21(31-3)8-5-18/h4-5,7-8,11,13,15,17,20,22-26,30H,6,9-10,12,14,16H2,1-3H3/t20-,22-,23-,24-,25-,26?,27-,28-/m0/s1. The van der Waals surface area contributed by atoms with Crippen molar-refractivity contribution in [3.05, 3.63) is 54.0 Å². The van der Waals surface area contributed by atoms with E-state index in [1.54, 1.807) is 19.6 Å². The third kappa shape index (κ3) is 3.90. The third-order valence-corrected chi connectivity index (χ3v) is 9.22. The fraction of sp³-hybridized carbons (Fsp3) is 0.607. The number of benzene rings is 1. The van der Waals surface area contributed by atoms with Crippen LogP contribution in [0, 0.1) is 28.6 Å². The number of carbonyl (C=O) groups is 1. The van der Waals surface area contributed by atoms with Gasteiger partial charge < -0.3 is 28.5 Å². The summed E-state index contributed by atoms with van der Waals surface area (Å²) in [6.07, 6.45) is 7.62. The minimum Gasteiger partial charge on any atom is -0.497 e. The highest BCUT2D eigenvalue weighted by Gasteiger charge is 2.64. The van der Waals surface area contributed by atoms with Crippen molar-refractivity contribution in [2.24, 2.45) is 28.6 Å². The summed E-state index contributed by atoms with van der Waals surface area (Å²) >= 11 is 0. The Morgan fingerprint density at radius 2 is 1.91 bits per heavy atom. The first-order valence-electron chi connectivity index (χ1n) is 12.4. The Bertz CT molecular complexity index is 971. The average Bonchev–Trinajstić information content (AvgIpc) is 3.37. The van der Waals surface area contributed by atoms with Crippen molar-refractivity contribution in [1.82, 2.24) is 0 Å². The van der Waals surface area contributed by atoms with Crippen molar-refractivity contribution in [3.8, 4) is 5.75 Å². The van der Waals surface area contributed by atoms with Crippen LogP contribution in [0.5, 0.6) is 5.75 Å². The van der Waals surface area contributed by atoms with Gasteiger partial charge in [-0.3, -0.25) is 0 Å². The van der Waals surface area contributed by atoms with Gasteiger partial charge in [-0.25, -0.2) is 0 Å². The summed E-state index contributed by atoms with van der Waals surface area (Å²) in [4.78, 5) is 12.2. The van der Waals surface area contributed by atoms with Crippen LogP contribution in [0.15, 0.2) is 47.3 Å². The first-order valence-corrected chi connectivity index (χ1v) is 12.4. The zero-order valence-electron chi connectivity index (χ0n) is 20.3. The van der Waals surface area contributed by atoms with E-state index < -0.39 is 6.29 Å². The van der Waals surface area contributed by atoms with Gasteiger partial charge in [0.05, 0.1) is 38.5 Å². The minimum absolute atomic E-state index is 0.00322. The molecule has 2 aromatic rings. The maximum atomic E-state index is 12.2. The van der Waals surface area contributed by atoms with Crippen molar-refractivity contribution < 1.29 is 28.5 Å². The number of fused-ring (bicyclic) bond motifs is 3. The number of rotatable bonds is 6. The van der Waals surface area contributed by atoms with Gasteiger partial charge in [0, 0.05) is 17.4 Å². The van der Waals surface area contributed by atoms with E-state index in [0.29, 0.717) is 6.61 Å². The molecule has 0 bridgehead atoms. The summed E-state index contributed by atoms with van der Waals surface area (Å²) in [5.74, 6) is 0.968. The van der Waals surface area contributed by atoms with E-state index in [0.717, 1.165) is 49.0 Å². The monoisotopic (exact) mass is 468 g/mol. The minimum atomic E-state index is -0.845. The molecule has 1 saturated heterocycles. The second-order valence-electron chi connectivity index (χ2n) is 10.9. The maximum absolute atomic E-state index is 12.2. The van der Waals surface area contributed by atoms with E-state index in [1.165, 1.54) is 6.29 Å². The summed E-state index contributed by atoms with van der Waals surface area (Å²) in [6, 6.07) is 9.89. The first kappa shape index (κ1) is 23.6. The molecular formula is C28H36O6. The van der Waals surface area contributed by atoms with Crippen LogP contribution in [0.1, 0.15) is 63.2 Å². The Kier molecular flexibility index (Phi) is 6.34. The third-order valence-electron chi connectivity index (χ3n) is 9.22. The fourth-order valence-corrected chi connectivity index (χ4v) is 7.48. The Labute approximate surface area is 201 Å². The smallest absolute Gasteiger partial charge is 0.158 e. The zero-order chi connectivity index (χ0) is 23.9. The second-order valence-corrected chi connectivity index (χ2v) is 10.9. The number of furan rings is 1. The average molecular weight is 469 g/mol. The lowest BCUT2D eigenvalue weighted by Crippen LogP contribution is -2.63. The highest BCUT2D eigenvalue weighted by Crippen LogP contribution is 2.66. The normalized spacial score (nSPS) is 39.6. The quantitative estimate of drug-likeness (QED) is 0.580. The highest BCUT2D eigenvalue weighted by atomic mass is 16.6. The molecule has 1 N–H and O–H groups in total. The topological polar surface area (TPSA) is 78.1 Å². The van der Waals surface area contributed by atoms with Crippen molar-refractivity contribution >= 4 is 6.29 Å². The molecule has 34 heavy (non-hydrogen) atoms. The lowest BCUT2D eigenvalue weighted by atomic mass is 9.43. The van der Waals surface area contributed by atoms with Gasteiger partial charge in [0.25, 0.3) is 0 Å². The van der Waals surface area contributed by atoms with Gasteiger partial charge >= 0.3 is 0 Å². The van der Waals surface area contributed by atoms with Gasteiger partial charge in [-0.2, -0.15) is 0 Å². The zero-order valence-corrected chi connectivity index (χ0v) is 20.3. The predicted octanol–water partition coefficient (Wildman–Crippen LogP) is 5.30. The molecule has 184 valence electrons. The van der Waals surface area contributed by atoms with E-state index in [2.05, 4.69) is 13.8 Å². The molecule has 2 aliphatic carbocycles. The molecule has 6 heteroatoms. The molecule has 3 fully saturated rings. The summed E-state index contributed by atoms with van der Waals surface area (Å²) in [5, 5.41) is 11.1. The Hall–Kier alpha value is -2.15. The molecule has 0 spiro atoms. The van der Waals surface area contributed by atoms with Gasteiger partial charge in [-0.15, -0.1) is 0 Å². The summed E-state index contributed by atoms with van der Waals surface area (Å²) in [7, 11) is 1.66. The number of hydrogen-bond donors (Lipinski definition) is 1. The number of methoxy groups -OCH3 is 1. The number of aliphatic hydroxyl groups excluding tert-OH is 1. The van der Waals surface area contributed by atoms with Crippen molar-refractivity contribution in [1.29, 1.82) is 0 Å². The maximum Gasteiger partial charge on any atom is 0.158 e. The predicted molar refractivity (Wildman–Crippen MR) is 126 cm³/mol.